The van der Waals surface area contributed by atoms with E-state index in [0.29, 0.717) is 6.61 Å². The zero-order valence-electron chi connectivity index (χ0n) is 16.6. The summed E-state index contributed by atoms with van der Waals surface area (Å²) in [4.78, 5) is 4.76. The number of rotatable bonds is 7. The summed E-state index contributed by atoms with van der Waals surface area (Å²) in [7, 11) is 1.97. The highest BCUT2D eigenvalue weighted by atomic mass is 32.2. The second kappa shape index (κ2) is 8.80. The Hall–Kier alpha value is -2.64. The maximum atomic E-state index is 5.82. The van der Waals surface area contributed by atoms with Gasteiger partial charge in [0.2, 0.25) is 0 Å². The Morgan fingerprint density at radius 1 is 0.966 bits per heavy atom. The third kappa shape index (κ3) is 4.86. The minimum absolute atomic E-state index is 0.390. The molecule has 0 bridgehead atoms. The molecule has 7 heteroatoms. The standard InChI is InChI=1S/C22H22N4OS2/c1-15-4-8-17(9-5-15)21-23-18(13-28-21)14-29-22-25-24-20(26(22)3)12-27-19-10-6-16(2)7-11-19/h4-11,13H,12,14H2,1-3H3. The first-order valence-electron chi connectivity index (χ1n) is 9.30. The lowest BCUT2D eigenvalue weighted by Gasteiger charge is -2.06. The molecule has 0 fully saturated rings. The van der Waals surface area contributed by atoms with Gasteiger partial charge in [0.05, 0.1) is 5.69 Å². The third-order valence-corrected chi connectivity index (χ3v) is 6.51. The predicted molar refractivity (Wildman–Crippen MR) is 118 cm³/mol. The fraction of sp³-hybridized carbons (Fsp3) is 0.227. The van der Waals surface area contributed by atoms with Crippen molar-refractivity contribution in [3.8, 4) is 16.3 Å². The second-order valence-corrected chi connectivity index (χ2v) is 8.66. The Balaban J connectivity index is 1.35. The van der Waals surface area contributed by atoms with Crippen LogP contribution in [0.5, 0.6) is 5.75 Å². The van der Waals surface area contributed by atoms with Crippen molar-refractivity contribution in [2.75, 3.05) is 0 Å². The number of benzene rings is 2. The van der Waals surface area contributed by atoms with Crippen molar-refractivity contribution in [2.45, 2.75) is 31.4 Å². The van der Waals surface area contributed by atoms with Gasteiger partial charge in [0.25, 0.3) is 0 Å². The number of thiazole rings is 1. The van der Waals surface area contributed by atoms with E-state index in [1.807, 2.05) is 35.9 Å². The zero-order chi connectivity index (χ0) is 20.2. The fourth-order valence-electron chi connectivity index (χ4n) is 2.72. The SMILES string of the molecule is Cc1ccc(OCc2nnc(SCc3csc(-c4ccc(C)cc4)n3)n2C)cc1. The Morgan fingerprint density at radius 3 is 2.38 bits per heavy atom. The molecule has 0 spiro atoms. The molecule has 0 saturated carbocycles. The molecule has 0 radical (unpaired) electrons. The quantitative estimate of drug-likeness (QED) is 0.372. The maximum absolute atomic E-state index is 5.82. The van der Waals surface area contributed by atoms with Crippen LogP contribution < -0.4 is 4.74 Å². The van der Waals surface area contributed by atoms with Crippen LogP contribution >= 0.6 is 23.1 Å². The highest BCUT2D eigenvalue weighted by molar-refractivity contribution is 7.98. The van der Waals surface area contributed by atoms with Gasteiger partial charge in [-0.1, -0.05) is 59.3 Å². The van der Waals surface area contributed by atoms with Crippen LogP contribution in [-0.2, 0) is 19.4 Å². The molecule has 5 nitrogen and oxygen atoms in total. The molecule has 2 aromatic carbocycles. The van der Waals surface area contributed by atoms with Gasteiger partial charge in [0.1, 0.15) is 17.4 Å². The van der Waals surface area contributed by atoms with Crippen LogP contribution in [0, 0.1) is 13.8 Å². The number of thioether (sulfide) groups is 1. The number of hydrogen-bond acceptors (Lipinski definition) is 6. The summed E-state index contributed by atoms with van der Waals surface area (Å²) in [6.45, 7) is 4.54. The first-order valence-corrected chi connectivity index (χ1v) is 11.2. The fourth-order valence-corrected chi connectivity index (χ4v) is 4.47. The van der Waals surface area contributed by atoms with E-state index < -0.39 is 0 Å². The van der Waals surface area contributed by atoms with E-state index >= 15 is 0 Å². The molecule has 4 rings (SSSR count). The summed E-state index contributed by atoms with van der Waals surface area (Å²) in [5.74, 6) is 2.39. The van der Waals surface area contributed by atoms with Crippen molar-refractivity contribution < 1.29 is 4.74 Å². The van der Waals surface area contributed by atoms with Crippen molar-refractivity contribution in [3.63, 3.8) is 0 Å². The van der Waals surface area contributed by atoms with E-state index in [2.05, 4.69) is 53.7 Å². The van der Waals surface area contributed by atoms with Gasteiger partial charge >= 0.3 is 0 Å². The maximum Gasteiger partial charge on any atom is 0.191 e. The Kier molecular flexibility index (Phi) is 5.97. The third-order valence-electron chi connectivity index (χ3n) is 4.51. The minimum Gasteiger partial charge on any atom is -0.486 e. The van der Waals surface area contributed by atoms with Crippen LogP contribution in [0.2, 0.25) is 0 Å². The summed E-state index contributed by atoms with van der Waals surface area (Å²) in [5, 5.41) is 12.6. The van der Waals surface area contributed by atoms with E-state index in [1.165, 1.54) is 11.1 Å². The van der Waals surface area contributed by atoms with E-state index in [-0.39, 0.29) is 0 Å². The molecule has 0 atom stereocenters. The lowest BCUT2D eigenvalue weighted by molar-refractivity contribution is 0.290. The lowest BCUT2D eigenvalue weighted by atomic mass is 10.2. The van der Waals surface area contributed by atoms with Crippen LogP contribution in [0.25, 0.3) is 10.6 Å². The highest BCUT2D eigenvalue weighted by Crippen LogP contribution is 2.27. The molecule has 148 valence electrons. The number of hydrogen-bond donors (Lipinski definition) is 0. The van der Waals surface area contributed by atoms with Gasteiger partial charge in [-0.2, -0.15) is 0 Å². The Bertz CT molecular complexity index is 1080. The van der Waals surface area contributed by atoms with Crippen molar-refractivity contribution in [1.29, 1.82) is 0 Å². The molecule has 0 N–H and O–H groups in total. The molecule has 0 aliphatic rings. The van der Waals surface area contributed by atoms with Crippen molar-refractivity contribution in [3.05, 3.63) is 76.6 Å². The van der Waals surface area contributed by atoms with E-state index in [4.69, 9.17) is 9.72 Å². The Labute approximate surface area is 178 Å². The molecule has 0 unspecified atom stereocenters. The van der Waals surface area contributed by atoms with Crippen LogP contribution in [-0.4, -0.2) is 19.7 Å². The zero-order valence-corrected chi connectivity index (χ0v) is 18.3. The predicted octanol–water partition coefficient (Wildman–Crippen LogP) is 5.43. The van der Waals surface area contributed by atoms with Gasteiger partial charge in [-0.05, 0) is 26.0 Å². The monoisotopic (exact) mass is 422 g/mol. The number of ether oxygens (including phenoxy) is 1. The summed E-state index contributed by atoms with van der Waals surface area (Å²) in [5.41, 5.74) is 4.68. The van der Waals surface area contributed by atoms with Crippen LogP contribution in [0.15, 0.2) is 59.1 Å². The molecule has 4 aromatic rings. The summed E-state index contributed by atoms with van der Waals surface area (Å²) in [6.07, 6.45) is 0. The molecule has 0 saturated heterocycles. The van der Waals surface area contributed by atoms with Gasteiger partial charge in [-0.3, -0.25) is 0 Å². The smallest absolute Gasteiger partial charge is 0.191 e. The van der Waals surface area contributed by atoms with E-state index in [1.54, 1.807) is 23.1 Å². The average molecular weight is 423 g/mol. The van der Waals surface area contributed by atoms with Crippen molar-refractivity contribution in [2.24, 2.45) is 7.05 Å². The van der Waals surface area contributed by atoms with Crippen LogP contribution in [0.3, 0.4) is 0 Å². The average Bonchev–Trinajstić information content (AvgIpc) is 3.33. The van der Waals surface area contributed by atoms with Crippen molar-refractivity contribution >= 4 is 23.1 Å². The van der Waals surface area contributed by atoms with E-state index in [0.717, 1.165) is 38.7 Å². The topological polar surface area (TPSA) is 52.8 Å². The molecule has 0 aliphatic heterocycles. The normalized spacial score (nSPS) is 11.0. The first kappa shape index (κ1) is 19.7. The molecule has 0 amide bonds. The first-order chi connectivity index (χ1) is 14.1. The number of aromatic nitrogens is 4. The molecule has 2 heterocycles. The minimum atomic E-state index is 0.390. The van der Waals surface area contributed by atoms with Crippen LogP contribution in [0.4, 0.5) is 0 Å². The van der Waals surface area contributed by atoms with Gasteiger partial charge in [0, 0.05) is 23.7 Å². The molecule has 2 aromatic heterocycles. The van der Waals surface area contributed by atoms with E-state index in [9.17, 15) is 0 Å². The Morgan fingerprint density at radius 2 is 1.66 bits per heavy atom. The summed E-state index contributed by atoms with van der Waals surface area (Å²) < 4.78 is 7.80. The number of aryl methyl sites for hydroxylation is 2. The number of nitrogens with zero attached hydrogens (tertiary/aromatic N) is 4. The lowest BCUT2D eigenvalue weighted by Crippen LogP contribution is -2.04. The summed E-state index contributed by atoms with van der Waals surface area (Å²) >= 11 is 3.31. The second-order valence-electron chi connectivity index (χ2n) is 6.86. The highest BCUT2D eigenvalue weighted by Gasteiger charge is 2.12. The van der Waals surface area contributed by atoms with Gasteiger partial charge < -0.3 is 9.30 Å². The van der Waals surface area contributed by atoms with Gasteiger partial charge in [0.15, 0.2) is 11.0 Å². The largest absolute Gasteiger partial charge is 0.486 e. The molecule has 29 heavy (non-hydrogen) atoms. The van der Waals surface area contributed by atoms with Crippen LogP contribution in [0.1, 0.15) is 22.6 Å². The van der Waals surface area contributed by atoms with Gasteiger partial charge in [-0.15, -0.1) is 21.5 Å². The molecule has 0 aliphatic carbocycles. The summed E-state index contributed by atoms with van der Waals surface area (Å²) in [6, 6.07) is 16.5. The molecular weight excluding hydrogens is 400 g/mol. The van der Waals surface area contributed by atoms with Gasteiger partial charge in [-0.25, -0.2) is 4.98 Å². The molecular formula is C22H22N4OS2. The van der Waals surface area contributed by atoms with Crippen molar-refractivity contribution in [1.82, 2.24) is 19.7 Å².